The maximum atomic E-state index is 13.3. The number of ketones is 2. The Morgan fingerprint density at radius 3 is 1.97 bits per heavy atom. The lowest BCUT2D eigenvalue weighted by atomic mass is 9.82. The number of fused-ring (bicyclic) bond motifs is 2. The van der Waals surface area contributed by atoms with Crippen LogP contribution in [0.5, 0.6) is 0 Å². The van der Waals surface area contributed by atoms with E-state index in [1.807, 2.05) is 24.3 Å². The molecule has 4 rings (SSSR count). The van der Waals surface area contributed by atoms with Crippen molar-refractivity contribution in [2.24, 2.45) is 0 Å². The summed E-state index contributed by atoms with van der Waals surface area (Å²) in [7, 11) is 0. The lowest BCUT2D eigenvalue weighted by molar-refractivity contribution is 0.0697. The van der Waals surface area contributed by atoms with E-state index in [2.05, 4.69) is 20.8 Å². The zero-order valence-electron chi connectivity index (χ0n) is 17.4. The average Bonchev–Trinajstić information content (AvgIpc) is 2.72. The fourth-order valence-electron chi connectivity index (χ4n) is 3.69. The van der Waals surface area contributed by atoms with E-state index < -0.39 is 11.8 Å². The number of benzene rings is 3. The summed E-state index contributed by atoms with van der Waals surface area (Å²) >= 11 is 1.25. The zero-order valence-corrected chi connectivity index (χ0v) is 18.2. The van der Waals surface area contributed by atoms with E-state index in [0.29, 0.717) is 10.5 Å². The second-order valence-corrected chi connectivity index (χ2v) is 9.59. The Labute approximate surface area is 184 Å². The normalized spacial score (nSPS) is 13.0. The fraction of sp³-hybridized carbons (Fsp3) is 0.160. The van der Waals surface area contributed by atoms with Crippen LogP contribution in [0.3, 0.4) is 0 Å². The largest absolute Gasteiger partial charge is 0.478 e. The minimum absolute atomic E-state index is 0.00781. The number of carboxylic acid groups (broad SMARTS) is 1. The smallest absolute Gasteiger partial charge is 0.337 e. The number of carbonyl (C=O) groups excluding carboxylic acids is 2. The van der Waals surface area contributed by atoms with E-state index in [1.165, 1.54) is 17.8 Å². The molecule has 0 radical (unpaired) electrons. The van der Waals surface area contributed by atoms with E-state index >= 15 is 0 Å². The van der Waals surface area contributed by atoms with E-state index in [4.69, 9.17) is 5.73 Å². The topological polar surface area (TPSA) is 97.5 Å². The summed E-state index contributed by atoms with van der Waals surface area (Å²) in [6.45, 7) is 6.35. The Balaban J connectivity index is 1.89. The molecule has 5 nitrogen and oxygen atoms in total. The lowest BCUT2D eigenvalue weighted by Gasteiger charge is -2.23. The Morgan fingerprint density at radius 1 is 0.903 bits per heavy atom. The molecule has 0 spiro atoms. The predicted molar refractivity (Wildman–Crippen MR) is 120 cm³/mol. The monoisotopic (exact) mass is 431 g/mol. The van der Waals surface area contributed by atoms with Crippen molar-refractivity contribution in [1.82, 2.24) is 0 Å². The van der Waals surface area contributed by atoms with Gasteiger partial charge in [0.2, 0.25) is 0 Å². The number of nitrogen functional groups attached to an aromatic ring is 1. The summed E-state index contributed by atoms with van der Waals surface area (Å²) < 4.78 is 0. The van der Waals surface area contributed by atoms with Gasteiger partial charge in [0.05, 0.1) is 16.8 Å². The van der Waals surface area contributed by atoms with Gasteiger partial charge in [0.1, 0.15) is 0 Å². The number of carbonyl (C=O) groups is 3. The fourth-order valence-corrected chi connectivity index (χ4v) is 4.69. The Kier molecular flexibility index (Phi) is 4.98. The molecule has 0 aliphatic heterocycles. The quantitative estimate of drug-likeness (QED) is 0.433. The van der Waals surface area contributed by atoms with E-state index in [1.54, 1.807) is 24.3 Å². The van der Waals surface area contributed by atoms with E-state index in [-0.39, 0.29) is 39.1 Å². The predicted octanol–water partition coefficient (Wildman–Crippen LogP) is 5.19. The molecule has 1 aliphatic rings. The first-order valence-corrected chi connectivity index (χ1v) is 10.6. The van der Waals surface area contributed by atoms with Crippen molar-refractivity contribution < 1.29 is 19.5 Å². The molecule has 0 bridgehead atoms. The lowest BCUT2D eigenvalue weighted by Crippen LogP contribution is -2.24. The Morgan fingerprint density at radius 2 is 1.45 bits per heavy atom. The number of hydrogen-bond acceptors (Lipinski definition) is 5. The highest BCUT2D eigenvalue weighted by Crippen LogP contribution is 2.41. The maximum absolute atomic E-state index is 13.3. The maximum Gasteiger partial charge on any atom is 0.337 e. The number of carboxylic acids is 1. The van der Waals surface area contributed by atoms with Crippen LogP contribution in [-0.4, -0.2) is 22.6 Å². The van der Waals surface area contributed by atoms with Crippen molar-refractivity contribution in [1.29, 1.82) is 0 Å². The molecule has 3 N–H and O–H groups in total. The zero-order chi connectivity index (χ0) is 22.5. The van der Waals surface area contributed by atoms with Gasteiger partial charge in [0, 0.05) is 26.5 Å². The molecule has 31 heavy (non-hydrogen) atoms. The van der Waals surface area contributed by atoms with Crippen LogP contribution in [0.4, 0.5) is 5.69 Å². The summed E-state index contributed by atoms with van der Waals surface area (Å²) in [4.78, 5) is 39.5. The summed E-state index contributed by atoms with van der Waals surface area (Å²) in [5.74, 6) is -2.01. The summed E-state index contributed by atoms with van der Waals surface area (Å²) in [6.07, 6.45) is 0. The van der Waals surface area contributed by atoms with E-state index in [9.17, 15) is 19.5 Å². The second-order valence-electron chi connectivity index (χ2n) is 8.47. The molecule has 6 heteroatoms. The first-order valence-electron chi connectivity index (χ1n) is 9.76. The third kappa shape index (κ3) is 3.53. The molecule has 0 heterocycles. The van der Waals surface area contributed by atoms with Crippen LogP contribution in [0.25, 0.3) is 0 Å². The van der Waals surface area contributed by atoms with Gasteiger partial charge in [-0.3, -0.25) is 9.59 Å². The molecule has 0 amide bonds. The van der Waals surface area contributed by atoms with Gasteiger partial charge < -0.3 is 10.8 Å². The highest BCUT2D eigenvalue weighted by atomic mass is 32.2. The molecule has 156 valence electrons. The molecule has 0 unspecified atom stereocenters. The molecular weight excluding hydrogens is 410 g/mol. The molecular formula is C25H21NO4S. The number of aromatic carboxylic acids is 1. The second kappa shape index (κ2) is 7.39. The highest BCUT2D eigenvalue weighted by Gasteiger charge is 2.35. The van der Waals surface area contributed by atoms with Crippen LogP contribution >= 0.6 is 11.8 Å². The SMILES string of the molecule is CC(C)(C)c1ccc(Sc2cc(C(=O)O)c(N)c3c2C(=O)c2ccccc2C3=O)cc1. The molecule has 0 atom stereocenters. The first kappa shape index (κ1) is 20.9. The van der Waals surface area contributed by atoms with Crippen molar-refractivity contribution in [2.45, 2.75) is 36.0 Å². The molecule has 3 aromatic rings. The third-order valence-electron chi connectivity index (χ3n) is 5.38. The number of anilines is 1. The van der Waals surface area contributed by atoms with Crippen molar-refractivity contribution in [2.75, 3.05) is 5.73 Å². The van der Waals surface area contributed by atoms with Crippen LogP contribution in [0, 0.1) is 0 Å². The first-order chi connectivity index (χ1) is 14.6. The van der Waals surface area contributed by atoms with Gasteiger partial charge in [-0.15, -0.1) is 0 Å². The van der Waals surface area contributed by atoms with Gasteiger partial charge in [-0.25, -0.2) is 4.79 Å². The van der Waals surface area contributed by atoms with Crippen LogP contribution < -0.4 is 5.73 Å². The minimum atomic E-state index is -1.25. The molecule has 0 aromatic heterocycles. The van der Waals surface area contributed by atoms with Crippen molar-refractivity contribution in [3.05, 3.63) is 88.0 Å². The van der Waals surface area contributed by atoms with Gasteiger partial charge in [0.15, 0.2) is 11.6 Å². The Bertz CT molecular complexity index is 1250. The van der Waals surface area contributed by atoms with Crippen molar-refractivity contribution in [3.63, 3.8) is 0 Å². The summed E-state index contributed by atoms with van der Waals surface area (Å²) in [5.41, 5.74) is 7.53. The summed E-state index contributed by atoms with van der Waals surface area (Å²) in [5, 5.41) is 9.65. The van der Waals surface area contributed by atoms with E-state index in [0.717, 1.165) is 10.5 Å². The van der Waals surface area contributed by atoms with Crippen molar-refractivity contribution >= 4 is 35.0 Å². The molecule has 1 aliphatic carbocycles. The number of hydrogen-bond donors (Lipinski definition) is 2. The molecule has 0 saturated carbocycles. The standard InChI is InChI=1S/C25H21NO4S/c1-25(2,3)13-8-10-14(11-9-13)31-18-12-17(24(29)30)21(26)20-19(18)22(27)15-6-4-5-7-16(15)23(20)28/h4-12H,26H2,1-3H3,(H,29,30). The van der Waals surface area contributed by atoms with Crippen molar-refractivity contribution in [3.8, 4) is 0 Å². The third-order valence-corrected chi connectivity index (χ3v) is 6.43. The molecule has 3 aromatic carbocycles. The van der Waals surface area contributed by atoms with Gasteiger partial charge in [-0.05, 0) is 29.2 Å². The minimum Gasteiger partial charge on any atom is -0.478 e. The number of nitrogens with two attached hydrogens (primary N) is 1. The molecule has 0 fully saturated rings. The van der Waals surface area contributed by atoms with Gasteiger partial charge >= 0.3 is 5.97 Å². The summed E-state index contributed by atoms with van der Waals surface area (Å²) in [6, 6.07) is 15.8. The highest BCUT2D eigenvalue weighted by molar-refractivity contribution is 7.99. The Hall–Kier alpha value is -3.38. The van der Waals surface area contributed by atoms with Gasteiger partial charge in [-0.2, -0.15) is 0 Å². The average molecular weight is 432 g/mol. The van der Waals surface area contributed by atoms with Crippen LogP contribution in [0.15, 0.2) is 64.4 Å². The molecule has 0 saturated heterocycles. The van der Waals surface area contributed by atoms with Gasteiger partial charge in [-0.1, -0.05) is 68.9 Å². The van der Waals surface area contributed by atoms with Crippen LogP contribution in [0.1, 0.15) is 68.5 Å². The van der Waals surface area contributed by atoms with Crippen LogP contribution in [-0.2, 0) is 5.41 Å². The van der Waals surface area contributed by atoms with Gasteiger partial charge in [0.25, 0.3) is 0 Å². The number of rotatable bonds is 3. The van der Waals surface area contributed by atoms with Crippen LogP contribution in [0.2, 0.25) is 0 Å².